The maximum absolute atomic E-state index is 12.6. The number of sulfonamides is 1. The number of benzene rings is 1. The molecule has 0 bridgehead atoms. The van der Waals surface area contributed by atoms with Gasteiger partial charge in [-0.15, -0.1) is 0 Å². The van der Waals surface area contributed by atoms with Crippen LogP contribution >= 0.6 is 11.6 Å². The number of aliphatic hydroxyl groups excluding tert-OH is 1. The van der Waals surface area contributed by atoms with Gasteiger partial charge in [0.15, 0.2) is 0 Å². The van der Waals surface area contributed by atoms with Gasteiger partial charge >= 0.3 is 0 Å². The minimum atomic E-state index is -3.90. The first kappa shape index (κ1) is 17.3. The van der Waals surface area contributed by atoms with Crippen LogP contribution in [0.4, 0.5) is 5.69 Å². The summed E-state index contributed by atoms with van der Waals surface area (Å²) in [6.07, 6.45) is 4.01. The van der Waals surface area contributed by atoms with E-state index in [0.29, 0.717) is 21.5 Å². The summed E-state index contributed by atoms with van der Waals surface area (Å²) in [7, 11) is -3.90. The van der Waals surface area contributed by atoms with Crippen molar-refractivity contribution in [1.82, 2.24) is 14.8 Å². The van der Waals surface area contributed by atoms with Gasteiger partial charge in [0.1, 0.15) is 11.0 Å². The van der Waals surface area contributed by atoms with Gasteiger partial charge in [0.25, 0.3) is 10.0 Å². The summed E-state index contributed by atoms with van der Waals surface area (Å²) in [5, 5.41) is 23.0. The fourth-order valence-electron chi connectivity index (χ4n) is 2.37. The average Bonchev–Trinajstić information content (AvgIpc) is 3.24. The largest absolute Gasteiger partial charge is 0.394 e. The molecule has 8 nitrogen and oxygen atoms in total. The van der Waals surface area contributed by atoms with Crippen LogP contribution in [0.2, 0.25) is 5.02 Å². The molecule has 3 N–H and O–H groups in total. The lowest BCUT2D eigenvalue weighted by molar-refractivity contribution is 0.229. The Bertz CT molecular complexity index is 1080. The number of aliphatic hydroxyl groups is 1. The van der Waals surface area contributed by atoms with Crippen LogP contribution in [0.1, 0.15) is 18.5 Å². The maximum atomic E-state index is 12.6. The highest BCUT2D eigenvalue weighted by Crippen LogP contribution is 2.32. The zero-order valence-corrected chi connectivity index (χ0v) is 14.6. The Morgan fingerprint density at radius 1 is 1.52 bits per heavy atom. The van der Waals surface area contributed by atoms with Crippen molar-refractivity contribution in [3.05, 3.63) is 41.3 Å². The highest BCUT2D eigenvalue weighted by molar-refractivity contribution is 7.92. The summed E-state index contributed by atoms with van der Waals surface area (Å²) in [4.78, 5) is 2.83. The summed E-state index contributed by atoms with van der Waals surface area (Å²) < 4.78 is 29.0. The van der Waals surface area contributed by atoms with Crippen LogP contribution in [-0.2, 0) is 10.0 Å². The van der Waals surface area contributed by atoms with Gasteiger partial charge in [-0.3, -0.25) is 9.40 Å². The summed E-state index contributed by atoms with van der Waals surface area (Å²) in [5.74, 6) is 0. The van der Waals surface area contributed by atoms with Crippen molar-refractivity contribution in [3.63, 3.8) is 0 Å². The molecular weight excluding hydrogens is 366 g/mol. The van der Waals surface area contributed by atoms with Crippen molar-refractivity contribution in [2.75, 3.05) is 11.3 Å². The number of nitrogens with zero attached hydrogens (tertiary/aromatic N) is 3. The Morgan fingerprint density at radius 2 is 2.28 bits per heavy atom. The topological polar surface area (TPSA) is 124 Å². The summed E-state index contributed by atoms with van der Waals surface area (Å²) in [5.41, 5.74) is 1.01. The summed E-state index contributed by atoms with van der Waals surface area (Å²) in [6.45, 7) is 1.55. The Morgan fingerprint density at radius 3 is 2.96 bits per heavy atom. The molecule has 0 saturated heterocycles. The third kappa shape index (κ3) is 3.07. The molecule has 2 heterocycles. The number of halogens is 1. The van der Waals surface area contributed by atoms with Gasteiger partial charge in [-0.25, -0.2) is 8.42 Å². The van der Waals surface area contributed by atoms with E-state index in [2.05, 4.69) is 14.8 Å². The van der Waals surface area contributed by atoms with Crippen LogP contribution in [0.3, 0.4) is 0 Å². The maximum Gasteiger partial charge on any atom is 0.265 e. The molecular formula is C15H14ClN5O3S. The van der Waals surface area contributed by atoms with E-state index in [4.69, 9.17) is 22.0 Å². The second kappa shape index (κ2) is 6.40. The highest BCUT2D eigenvalue weighted by atomic mass is 35.5. The second-order valence-electron chi connectivity index (χ2n) is 5.45. The predicted molar refractivity (Wildman–Crippen MR) is 92.9 cm³/mol. The molecule has 25 heavy (non-hydrogen) atoms. The third-order valence-corrected chi connectivity index (χ3v) is 5.39. The number of hydrogen-bond acceptors (Lipinski definition) is 5. The van der Waals surface area contributed by atoms with Gasteiger partial charge < -0.3 is 10.1 Å². The molecule has 2 aromatic heterocycles. The van der Waals surface area contributed by atoms with Gasteiger partial charge in [0, 0.05) is 17.8 Å². The molecule has 0 fully saturated rings. The van der Waals surface area contributed by atoms with E-state index in [1.54, 1.807) is 6.92 Å². The van der Waals surface area contributed by atoms with Crippen molar-refractivity contribution in [2.24, 2.45) is 0 Å². The van der Waals surface area contributed by atoms with Gasteiger partial charge in [0.2, 0.25) is 0 Å². The van der Waals surface area contributed by atoms with Crippen molar-refractivity contribution >= 4 is 38.2 Å². The molecule has 0 aliphatic carbocycles. The van der Waals surface area contributed by atoms with E-state index in [0.717, 1.165) is 0 Å². The smallest absolute Gasteiger partial charge is 0.265 e. The van der Waals surface area contributed by atoms with Crippen LogP contribution in [0.25, 0.3) is 10.9 Å². The van der Waals surface area contributed by atoms with E-state index in [9.17, 15) is 8.42 Å². The first-order valence-electron chi connectivity index (χ1n) is 7.25. The molecule has 0 amide bonds. The van der Waals surface area contributed by atoms with Crippen molar-refractivity contribution in [2.45, 2.75) is 17.9 Å². The zero-order valence-electron chi connectivity index (χ0n) is 13.1. The van der Waals surface area contributed by atoms with Gasteiger partial charge in [-0.1, -0.05) is 11.6 Å². The molecule has 3 aromatic rings. The van der Waals surface area contributed by atoms with E-state index < -0.39 is 10.0 Å². The highest BCUT2D eigenvalue weighted by Gasteiger charge is 2.20. The number of fused-ring (bicyclic) bond motifs is 1. The van der Waals surface area contributed by atoms with Crippen LogP contribution in [0.5, 0.6) is 0 Å². The number of nitriles is 1. The Balaban J connectivity index is 2.01. The van der Waals surface area contributed by atoms with Crippen LogP contribution in [0.15, 0.2) is 35.6 Å². The monoisotopic (exact) mass is 379 g/mol. The zero-order chi connectivity index (χ0) is 18.2. The number of aromatic amines is 1. The van der Waals surface area contributed by atoms with E-state index in [1.165, 1.54) is 35.4 Å². The second-order valence-corrected chi connectivity index (χ2v) is 7.54. The first-order valence-corrected chi connectivity index (χ1v) is 9.11. The molecule has 0 aliphatic rings. The Hall–Kier alpha value is -2.54. The van der Waals surface area contributed by atoms with Crippen LogP contribution < -0.4 is 4.72 Å². The van der Waals surface area contributed by atoms with E-state index >= 15 is 0 Å². The van der Waals surface area contributed by atoms with E-state index in [1.807, 2.05) is 6.07 Å². The molecule has 130 valence electrons. The molecule has 0 aliphatic heterocycles. The number of rotatable bonds is 5. The standard InChI is InChI=1S/C15H14ClN5O3S/c1-9(8-22)21-7-11(6-19-21)25(23,24)20-13-3-2-12(16)14-10(4-17)5-18-15(13)14/h2-3,5-7,9,18,20,22H,8H2,1H3. The number of anilines is 1. The van der Waals surface area contributed by atoms with Crippen molar-refractivity contribution in [3.8, 4) is 6.07 Å². The first-order chi connectivity index (χ1) is 11.9. The lowest BCUT2D eigenvalue weighted by atomic mass is 10.1. The normalized spacial score (nSPS) is 12.9. The molecule has 1 unspecified atom stereocenters. The average molecular weight is 380 g/mol. The van der Waals surface area contributed by atoms with Gasteiger partial charge in [0.05, 0.1) is 40.6 Å². The number of hydrogen-bond donors (Lipinski definition) is 3. The fraction of sp³-hybridized carbons (Fsp3) is 0.200. The lowest BCUT2D eigenvalue weighted by Crippen LogP contribution is -2.13. The Labute approximate surface area is 148 Å². The number of H-pyrrole nitrogens is 1. The van der Waals surface area contributed by atoms with E-state index in [-0.39, 0.29) is 23.2 Å². The van der Waals surface area contributed by atoms with Gasteiger partial charge in [-0.2, -0.15) is 10.4 Å². The minimum absolute atomic E-state index is 0.0389. The van der Waals surface area contributed by atoms with Crippen molar-refractivity contribution < 1.29 is 13.5 Å². The molecule has 0 radical (unpaired) electrons. The van der Waals surface area contributed by atoms with Gasteiger partial charge in [-0.05, 0) is 19.1 Å². The Kier molecular flexibility index (Phi) is 4.43. The van der Waals surface area contributed by atoms with Crippen LogP contribution in [0, 0.1) is 11.3 Å². The van der Waals surface area contributed by atoms with Crippen LogP contribution in [-0.4, -0.2) is 34.9 Å². The summed E-state index contributed by atoms with van der Waals surface area (Å²) in [6, 6.07) is 4.70. The SMILES string of the molecule is CC(CO)n1cc(S(=O)(=O)Nc2ccc(Cl)c3c(C#N)c[nH]c23)cn1. The molecule has 0 saturated carbocycles. The molecule has 3 rings (SSSR count). The summed E-state index contributed by atoms with van der Waals surface area (Å²) >= 11 is 6.11. The molecule has 10 heteroatoms. The predicted octanol–water partition coefficient (Wildman–Crippen LogP) is 2.24. The van der Waals surface area contributed by atoms with Crippen molar-refractivity contribution in [1.29, 1.82) is 5.26 Å². The number of nitrogens with one attached hydrogen (secondary N) is 2. The fourth-order valence-corrected chi connectivity index (χ4v) is 3.64. The third-order valence-electron chi connectivity index (χ3n) is 3.75. The molecule has 1 atom stereocenters. The quantitative estimate of drug-likeness (QED) is 0.627. The number of aromatic nitrogens is 3. The minimum Gasteiger partial charge on any atom is -0.394 e. The molecule has 0 spiro atoms. The molecule has 1 aromatic carbocycles. The lowest BCUT2D eigenvalue weighted by Gasteiger charge is -2.09.